The second-order valence-corrected chi connectivity index (χ2v) is 2.69. The van der Waals surface area contributed by atoms with Gasteiger partial charge in [0.05, 0.1) is 5.84 Å². The molecule has 0 unspecified atom stereocenters. The zero-order valence-corrected chi connectivity index (χ0v) is 7.82. The normalized spacial score (nSPS) is 8.75. The van der Waals surface area contributed by atoms with Crippen molar-refractivity contribution in [2.45, 2.75) is 13.3 Å². The zero-order valence-electron chi connectivity index (χ0n) is 7.00. The van der Waals surface area contributed by atoms with Gasteiger partial charge < -0.3 is 5.73 Å². The number of nitrogens with two attached hydrogens (primary N) is 1. The van der Waals surface area contributed by atoms with Crippen LogP contribution >= 0.6 is 12.4 Å². The molecule has 0 saturated carbocycles. The van der Waals surface area contributed by atoms with E-state index in [-0.39, 0.29) is 18.2 Å². The standard InChI is InChI=1S/C9H12N2.ClH/c1-7-3-2-4-8(5-7)6-9(10)11;/h2-5H,6H2,1H3,(H3,10,11);1H. The summed E-state index contributed by atoms with van der Waals surface area (Å²) in [5.41, 5.74) is 7.58. The Hall–Kier alpha value is -1.02. The molecule has 0 aliphatic heterocycles. The predicted octanol–water partition coefficient (Wildman–Crippen LogP) is 1.90. The van der Waals surface area contributed by atoms with Crippen LogP contribution in [0, 0.1) is 12.3 Å². The van der Waals surface area contributed by atoms with E-state index in [0.717, 1.165) is 5.56 Å². The Morgan fingerprint density at radius 1 is 1.50 bits per heavy atom. The first kappa shape index (κ1) is 11.0. The second-order valence-electron chi connectivity index (χ2n) is 2.69. The average molecular weight is 185 g/mol. The summed E-state index contributed by atoms with van der Waals surface area (Å²) >= 11 is 0. The van der Waals surface area contributed by atoms with Crippen LogP contribution in [-0.4, -0.2) is 5.84 Å². The smallest absolute Gasteiger partial charge is 0.0950 e. The monoisotopic (exact) mass is 184 g/mol. The Kier molecular flexibility index (Phi) is 4.37. The minimum absolute atomic E-state index is 0. The summed E-state index contributed by atoms with van der Waals surface area (Å²) in [6, 6.07) is 8.03. The van der Waals surface area contributed by atoms with Crippen LogP contribution in [0.25, 0.3) is 0 Å². The summed E-state index contributed by atoms with van der Waals surface area (Å²) in [5, 5.41) is 7.08. The number of benzene rings is 1. The number of rotatable bonds is 2. The lowest BCUT2D eigenvalue weighted by Gasteiger charge is -1.99. The zero-order chi connectivity index (χ0) is 8.27. The third-order valence-corrected chi connectivity index (χ3v) is 1.48. The Labute approximate surface area is 78.7 Å². The number of nitrogens with one attached hydrogen (secondary N) is 1. The molecule has 1 aromatic rings. The van der Waals surface area contributed by atoms with Crippen LogP contribution in [0.15, 0.2) is 24.3 Å². The number of hydrogen-bond donors (Lipinski definition) is 2. The Bertz CT molecular complexity index is 271. The van der Waals surface area contributed by atoms with Crippen molar-refractivity contribution < 1.29 is 0 Å². The molecular formula is C9H13ClN2. The fourth-order valence-electron chi connectivity index (χ4n) is 1.04. The van der Waals surface area contributed by atoms with Crippen molar-refractivity contribution >= 4 is 18.2 Å². The lowest BCUT2D eigenvalue weighted by molar-refractivity contribution is 1.23. The maximum Gasteiger partial charge on any atom is 0.0950 e. The minimum Gasteiger partial charge on any atom is -0.387 e. The fourth-order valence-corrected chi connectivity index (χ4v) is 1.04. The van der Waals surface area contributed by atoms with Crippen molar-refractivity contribution in [1.29, 1.82) is 5.41 Å². The summed E-state index contributed by atoms with van der Waals surface area (Å²) < 4.78 is 0. The van der Waals surface area contributed by atoms with Gasteiger partial charge in [-0.15, -0.1) is 12.4 Å². The second kappa shape index (κ2) is 4.78. The van der Waals surface area contributed by atoms with Gasteiger partial charge in [-0.1, -0.05) is 29.8 Å². The van der Waals surface area contributed by atoms with Crippen molar-refractivity contribution in [3.05, 3.63) is 35.4 Å². The molecular weight excluding hydrogens is 172 g/mol. The van der Waals surface area contributed by atoms with Crippen LogP contribution in [-0.2, 0) is 6.42 Å². The van der Waals surface area contributed by atoms with E-state index in [1.165, 1.54) is 5.56 Å². The first-order valence-electron chi connectivity index (χ1n) is 3.57. The largest absolute Gasteiger partial charge is 0.387 e. The number of amidine groups is 1. The first-order valence-corrected chi connectivity index (χ1v) is 3.57. The Morgan fingerprint density at radius 3 is 2.67 bits per heavy atom. The molecule has 0 aliphatic rings. The molecule has 0 aliphatic carbocycles. The molecule has 3 N–H and O–H groups in total. The van der Waals surface area contributed by atoms with Crippen LogP contribution in [0.2, 0.25) is 0 Å². The molecule has 0 heterocycles. The minimum atomic E-state index is 0. The van der Waals surface area contributed by atoms with Gasteiger partial charge in [0.2, 0.25) is 0 Å². The van der Waals surface area contributed by atoms with Crippen molar-refractivity contribution in [3.63, 3.8) is 0 Å². The first-order chi connectivity index (χ1) is 5.18. The molecule has 2 nitrogen and oxygen atoms in total. The average Bonchev–Trinajstić information content (AvgIpc) is 1.85. The molecule has 12 heavy (non-hydrogen) atoms. The number of halogens is 1. The molecule has 0 fully saturated rings. The maximum absolute atomic E-state index is 7.08. The molecule has 1 aromatic carbocycles. The lowest BCUT2D eigenvalue weighted by atomic mass is 10.1. The van der Waals surface area contributed by atoms with Crippen molar-refractivity contribution in [3.8, 4) is 0 Å². The van der Waals surface area contributed by atoms with Gasteiger partial charge in [-0.05, 0) is 12.5 Å². The third kappa shape index (κ3) is 3.39. The predicted molar refractivity (Wildman–Crippen MR) is 54.0 cm³/mol. The molecule has 3 heteroatoms. The van der Waals surface area contributed by atoms with E-state index in [1.807, 2.05) is 31.2 Å². The summed E-state index contributed by atoms with van der Waals surface area (Å²) in [4.78, 5) is 0. The van der Waals surface area contributed by atoms with E-state index < -0.39 is 0 Å². The molecule has 0 atom stereocenters. The van der Waals surface area contributed by atoms with Gasteiger partial charge in [0, 0.05) is 6.42 Å². The van der Waals surface area contributed by atoms with Gasteiger partial charge in [0.25, 0.3) is 0 Å². The van der Waals surface area contributed by atoms with Crippen LogP contribution < -0.4 is 5.73 Å². The lowest BCUT2D eigenvalue weighted by Crippen LogP contribution is -2.12. The van der Waals surface area contributed by atoms with Gasteiger partial charge >= 0.3 is 0 Å². The van der Waals surface area contributed by atoms with Gasteiger partial charge in [-0.2, -0.15) is 0 Å². The molecule has 66 valence electrons. The van der Waals surface area contributed by atoms with Gasteiger partial charge in [-0.3, -0.25) is 5.41 Å². The van der Waals surface area contributed by atoms with E-state index in [9.17, 15) is 0 Å². The van der Waals surface area contributed by atoms with E-state index in [0.29, 0.717) is 6.42 Å². The molecule has 0 radical (unpaired) electrons. The highest BCUT2D eigenvalue weighted by Gasteiger charge is 1.93. The topological polar surface area (TPSA) is 49.9 Å². The van der Waals surface area contributed by atoms with Crippen molar-refractivity contribution in [2.75, 3.05) is 0 Å². The quantitative estimate of drug-likeness (QED) is 0.535. The number of aryl methyl sites for hydroxylation is 1. The SMILES string of the molecule is Cc1cccc(CC(=N)N)c1.Cl. The highest BCUT2D eigenvalue weighted by molar-refractivity contribution is 5.85. The van der Waals surface area contributed by atoms with Gasteiger partial charge in [-0.25, -0.2) is 0 Å². The summed E-state index contributed by atoms with van der Waals surface area (Å²) in [7, 11) is 0. The number of hydrogen-bond acceptors (Lipinski definition) is 1. The third-order valence-electron chi connectivity index (χ3n) is 1.48. The molecule has 0 amide bonds. The molecule has 0 aromatic heterocycles. The van der Waals surface area contributed by atoms with Crippen molar-refractivity contribution in [1.82, 2.24) is 0 Å². The van der Waals surface area contributed by atoms with Crippen LogP contribution in [0.5, 0.6) is 0 Å². The summed E-state index contributed by atoms with van der Waals surface area (Å²) in [6.45, 7) is 2.03. The highest BCUT2D eigenvalue weighted by Crippen LogP contribution is 2.03. The van der Waals surface area contributed by atoms with Crippen LogP contribution in [0.3, 0.4) is 0 Å². The van der Waals surface area contributed by atoms with Crippen molar-refractivity contribution in [2.24, 2.45) is 5.73 Å². The van der Waals surface area contributed by atoms with Gasteiger partial charge in [0.1, 0.15) is 0 Å². The Morgan fingerprint density at radius 2 is 2.17 bits per heavy atom. The summed E-state index contributed by atoms with van der Waals surface area (Å²) in [5.74, 6) is 0.218. The molecule has 0 saturated heterocycles. The summed E-state index contributed by atoms with van der Waals surface area (Å²) in [6.07, 6.45) is 0.557. The highest BCUT2D eigenvalue weighted by atomic mass is 35.5. The van der Waals surface area contributed by atoms with Gasteiger partial charge in [0.15, 0.2) is 0 Å². The van der Waals surface area contributed by atoms with Crippen LogP contribution in [0.4, 0.5) is 0 Å². The molecule has 0 bridgehead atoms. The van der Waals surface area contributed by atoms with E-state index in [2.05, 4.69) is 0 Å². The van der Waals surface area contributed by atoms with E-state index >= 15 is 0 Å². The van der Waals surface area contributed by atoms with Crippen LogP contribution in [0.1, 0.15) is 11.1 Å². The molecule has 1 rings (SSSR count). The van der Waals surface area contributed by atoms with E-state index in [4.69, 9.17) is 11.1 Å². The maximum atomic E-state index is 7.08. The molecule has 0 spiro atoms. The Balaban J connectivity index is 0.00000121. The van der Waals surface area contributed by atoms with E-state index in [1.54, 1.807) is 0 Å². The fraction of sp³-hybridized carbons (Fsp3) is 0.222.